The molecule has 0 aliphatic rings. The number of aliphatic hydroxyl groups is 1. The van der Waals surface area contributed by atoms with Crippen LogP contribution in [0.25, 0.3) is 11.2 Å². The number of fused-ring (bicyclic) bond motifs is 1. The third-order valence-electron chi connectivity index (χ3n) is 4.63. The molecule has 0 radical (unpaired) electrons. The van der Waals surface area contributed by atoms with Crippen LogP contribution in [-0.2, 0) is 13.1 Å². The molecule has 0 amide bonds. The van der Waals surface area contributed by atoms with Gasteiger partial charge in [0.2, 0.25) is 5.95 Å². The summed E-state index contributed by atoms with van der Waals surface area (Å²) in [7, 11) is 0. The van der Waals surface area contributed by atoms with Crippen LogP contribution in [0.5, 0.6) is 5.75 Å². The number of phenolic OH excluding ortho intramolecular Hbond substituents is 1. The molecule has 9 heteroatoms. The molecule has 0 spiro atoms. The molecule has 2 heterocycles. The molecule has 4 N–H and O–H groups in total. The monoisotopic (exact) mass is 496 g/mol. The van der Waals surface area contributed by atoms with Crippen LogP contribution in [0.4, 0.5) is 11.8 Å². The van der Waals surface area contributed by atoms with Gasteiger partial charge in [-0.15, -0.1) is 0 Å². The number of imidazole rings is 1. The van der Waals surface area contributed by atoms with Crippen molar-refractivity contribution < 1.29 is 10.2 Å². The van der Waals surface area contributed by atoms with Crippen molar-refractivity contribution in [3.05, 3.63) is 33.7 Å². The Hall–Kier alpha value is -2.14. The fourth-order valence-corrected chi connectivity index (χ4v) is 3.52. The second-order valence-corrected chi connectivity index (χ2v) is 7.87. The van der Waals surface area contributed by atoms with E-state index in [4.69, 9.17) is 0 Å². The minimum atomic E-state index is -0.528. The number of hydrogen-bond donors (Lipinski definition) is 4. The van der Waals surface area contributed by atoms with Gasteiger partial charge in [0.1, 0.15) is 5.75 Å². The average Bonchev–Trinajstić information content (AvgIpc) is 3.09. The topological polar surface area (TPSA) is 108 Å². The number of aromatic hydroxyl groups is 1. The molecule has 0 aliphatic heterocycles. The number of nitrogens with zero attached hydrogens (tertiary/aromatic N) is 4. The molecule has 28 heavy (non-hydrogen) atoms. The number of halogens is 1. The predicted molar refractivity (Wildman–Crippen MR) is 119 cm³/mol. The molecule has 3 rings (SSSR count). The summed E-state index contributed by atoms with van der Waals surface area (Å²) in [6.07, 6.45) is 1.95. The zero-order valence-corrected chi connectivity index (χ0v) is 18.3. The smallest absolute Gasteiger partial charge is 0.227 e. The summed E-state index contributed by atoms with van der Waals surface area (Å²) in [6.45, 7) is 6.91. The molecular formula is C19H25IN6O2. The van der Waals surface area contributed by atoms with Gasteiger partial charge in [-0.2, -0.15) is 9.97 Å². The Labute approximate surface area is 177 Å². The van der Waals surface area contributed by atoms with Gasteiger partial charge in [-0.05, 0) is 61.1 Å². The first-order valence-corrected chi connectivity index (χ1v) is 10.4. The van der Waals surface area contributed by atoms with Crippen molar-refractivity contribution in [2.75, 3.05) is 10.6 Å². The Bertz CT molecular complexity index is 959. The molecule has 0 bridgehead atoms. The standard InChI is InChI=1S/C19H25IN6O2/c1-4-14(11(3)27)23-19-24-17(16-18(25-19)26(5-2)10-22-16)21-9-12-8-13(20)6-7-15(12)28/h6-8,10-11,14,27-28H,4-5,9H2,1-3H3,(H2,21,23,24,25). The van der Waals surface area contributed by atoms with E-state index in [9.17, 15) is 10.2 Å². The SMILES string of the molecule is CCC(Nc1nc(NCc2cc(I)ccc2O)c2ncn(CC)c2n1)C(C)O. The fourth-order valence-electron chi connectivity index (χ4n) is 2.97. The average molecular weight is 496 g/mol. The number of nitrogens with one attached hydrogen (secondary N) is 2. The van der Waals surface area contributed by atoms with Gasteiger partial charge >= 0.3 is 0 Å². The lowest BCUT2D eigenvalue weighted by atomic mass is 10.1. The maximum Gasteiger partial charge on any atom is 0.227 e. The van der Waals surface area contributed by atoms with Crippen LogP contribution in [0.15, 0.2) is 24.5 Å². The molecule has 0 fully saturated rings. The van der Waals surface area contributed by atoms with E-state index in [2.05, 4.69) is 48.2 Å². The fraction of sp³-hybridized carbons (Fsp3) is 0.421. The minimum Gasteiger partial charge on any atom is -0.508 e. The number of benzene rings is 1. The van der Waals surface area contributed by atoms with Gasteiger partial charge < -0.3 is 25.4 Å². The molecule has 2 unspecified atom stereocenters. The summed E-state index contributed by atoms with van der Waals surface area (Å²) >= 11 is 2.21. The van der Waals surface area contributed by atoms with Gasteiger partial charge in [-0.1, -0.05) is 6.92 Å². The zero-order chi connectivity index (χ0) is 20.3. The van der Waals surface area contributed by atoms with E-state index in [0.29, 0.717) is 23.8 Å². The van der Waals surface area contributed by atoms with Crippen molar-refractivity contribution in [2.45, 2.75) is 52.4 Å². The highest BCUT2D eigenvalue weighted by Crippen LogP contribution is 2.25. The lowest BCUT2D eigenvalue weighted by molar-refractivity contribution is 0.169. The largest absolute Gasteiger partial charge is 0.508 e. The number of phenols is 1. The van der Waals surface area contributed by atoms with Gasteiger partial charge in [-0.3, -0.25) is 0 Å². The summed E-state index contributed by atoms with van der Waals surface area (Å²) in [5.74, 6) is 1.25. The van der Waals surface area contributed by atoms with Gasteiger partial charge in [0.05, 0.1) is 18.5 Å². The number of hydrogen-bond acceptors (Lipinski definition) is 7. The van der Waals surface area contributed by atoms with Gasteiger partial charge in [0.25, 0.3) is 0 Å². The van der Waals surface area contributed by atoms with Gasteiger partial charge in [0, 0.05) is 22.2 Å². The number of anilines is 2. The van der Waals surface area contributed by atoms with Crippen LogP contribution in [0.2, 0.25) is 0 Å². The highest BCUT2D eigenvalue weighted by atomic mass is 127. The molecule has 2 atom stereocenters. The summed E-state index contributed by atoms with van der Waals surface area (Å²) in [6, 6.07) is 5.31. The maximum atomic E-state index is 10.1. The molecular weight excluding hydrogens is 471 g/mol. The summed E-state index contributed by atoms with van der Waals surface area (Å²) in [4.78, 5) is 13.6. The summed E-state index contributed by atoms with van der Waals surface area (Å²) in [5, 5.41) is 26.5. The third-order valence-corrected chi connectivity index (χ3v) is 5.30. The first kappa shape index (κ1) is 20.6. The molecule has 0 aliphatic carbocycles. The van der Waals surface area contributed by atoms with Gasteiger partial charge in [0.15, 0.2) is 17.0 Å². The first-order chi connectivity index (χ1) is 13.4. The number of aliphatic hydroxyl groups excluding tert-OH is 1. The Kier molecular flexibility index (Phi) is 6.55. The van der Waals surface area contributed by atoms with Gasteiger partial charge in [-0.25, -0.2) is 4.98 Å². The van der Waals surface area contributed by atoms with E-state index >= 15 is 0 Å². The number of aryl methyl sites for hydroxylation is 1. The van der Waals surface area contributed by atoms with E-state index in [1.54, 1.807) is 19.3 Å². The molecule has 8 nitrogen and oxygen atoms in total. The lowest BCUT2D eigenvalue weighted by Gasteiger charge is -2.20. The summed E-state index contributed by atoms with van der Waals surface area (Å²) < 4.78 is 2.99. The normalized spacial score (nSPS) is 13.5. The Balaban J connectivity index is 1.95. The van der Waals surface area contributed by atoms with E-state index < -0.39 is 6.10 Å². The first-order valence-electron chi connectivity index (χ1n) is 9.31. The van der Waals surface area contributed by atoms with Crippen molar-refractivity contribution in [3.63, 3.8) is 0 Å². The minimum absolute atomic E-state index is 0.150. The highest BCUT2D eigenvalue weighted by Gasteiger charge is 2.18. The van der Waals surface area contributed by atoms with Crippen molar-refractivity contribution in [3.8, 4) is 5.75 Å². The number of aromatic nitrogens is 4. The van der Waals surface area contributed by atoms with Crippen LogP contribution in [0, 0.1) is 3.57 Å². The lowest BCUT2D eigenvalue weighted by Crippen LogP contribution is -2.31. The summed E-state index contributed by atoms with van der Waals surface area (Å²) in [5.41, 5.74) is 2.16. The molecule has 150 valence electrons. The molecule has 3 aromatic rings. The maximum absolute atomic E-state index is 10.1. The third kappa shape index (κ3) is 4.46. The van der Waals surface area contributed by atoms with Crippen molar-refractivity contribution in [1.82, 2.24) is 19.5 Å². The van der Waals surface area contributed by atoms with Crippen LogP contribution in [0.1, 0.15) is 32.8 Å². The van der Waals surface area contributed by atoms with Crippen molar-refractivity contribution >= 4 is 45.5 Å². The van der Waals surface area contributed by atoms with E-state index in [1.807, 2.05) is 30.5 Å². The van der Waals surface area contributed by atoms with E-state index in [-0.39, 0.29) is 11.8 Å². The molecule has 2 aromatic heterocycles. The van der Waals surface area contributed by atoms with E-state index in [0.717, 1.165) is 27.7 Å². The van der Waals surface area contributed by atoms with Crippen LogP contribution in [-0.4, -0.2) is 41.9 Å². The Morgan fingerprint density at radius 3 is 2.71 bits per heavy atom. The van der Waals surface area contributed by atoms with Crippen LogP contribution >= 0.6 is 22.6 Å². The molecule has 0 saturated carbocycles. The van der Waals surface area contributed by atoms with Crippen LogP contribution in [0.3, 0.4) is 0 Å². The molecule has 1 aromatic carbocycles. The van der Waals surface area contributed by atoms with Crippen molar-refractivity contribution in [2.24, 2.45) is 0 Å². The highest BCUT2D eigenvalue weighted by molar-refractivity contribution is 14.1. The van der Waals surface area contributed by atoms with E-state index in [1.165, 1.54) is 0 Å². The Morgan fingerprint density at radius 2 is 2.04 bits per heavy atom. The zero-order valence-electron chi connectivity index (χ0n) is 16.1. The van der Waals surface area contributed by atoms with Crippen molar-refractivity contribution in [1.29, 1.82) is 0 Å². The quantitative estimate of drug-likeness (QED) is 0.355. The number of rotatable bonds is 8. The second-order valence-electron chi connectivity index (χ2n) is 6.62. The second kappa shape index (κ2) is 8.91. The van der Waals surface area contributed by atoms with Crippen LogP contribution < -0.4 is 10.6 Å². The molecule has 0 saturated heterocycles. The Morgan fingerprint density at radius 1 is 1.25 bits per heavy atom. The predicted octanol–water partition coefficient (Wildman–Crippen LogP) is 3.34.